The minimum atomic E-state index is -1.16. The Kier molecular flexibility index (Phi) is 9.53. The second-order valence-corrected chi connectivity index (χ2v) is 9.52. The molecule has 0 spiro atoms. The van der Waals surface area contributed by atoms with Crippen LogP contribution in [-0.4, -0.2) is 46.7 Å². The molecule has 0 bridgehead atoms. The quantitative estimate of drug-likeness (QED) is 0.394. The number of amides is 2. The molecule has 3 atom stereocenters. The Morgan fingerprint density at radius 1 is 1.06 bits per heavy atom. The van der Waals surface area contributed by atoms with Crippen LogP contribution in [0, 0.1) is 0 Å². The van der Waals surface area contributed by atoms with Gasteiger partial charge in [0, 0.05) is 16.9 Å². The van der Waals surface area contributed by atoms with Gasteiger partial charge in [0.1, 0.15) is 5.60 Å². The molecule has 2 amide bonds. The number of halogens is 1. The van der Waals surface area contributed by atoms with E-state index in [-0.39, 0.29) is 18.9 Å². The van der Waals surface area contributed by atoms with Gasteiger partial charge in [-0.2, -0.15) is 0 Å². The van der Waals surface area contributed by atoms with Crippen molar-refractivity contribution in [1.82, 2.24) is 10.6 Å². The Morgan fingerprint density at radius 3 is 2.25 bits per heavy atom. The molecule has 0 aliphatic rings. The number of benzene rings is 2. The summed E-state index contributed by atoms with van der Waals surface area (Å²) in [5.74, 6) is -0.273. The Hall–Kier alpha value is -2.58. The van der Waals surface area contributed by atoms with Gasteiger partial charge in [-0.25, -0.2) is 9.59 Å². The van der Waals surface area contributed by atoms with Gasteiger partial charge in [0.05, 0.1) is 12.1 Å². The van der Waals surface area contributed by atoms with E-state index in [0.717, 1.165) is 15.6 Å². The lowest BCUT2D eigenvalue weighted by Gasteiger charge is -2.33. The van der Waals surface area contributed by atoms with Gasteiger partial charge in [-0.05, 0) is 56.9 Å². The standard InChI is InChI=1S/C24H31BrN2O5/c1-24(2,3)32-23(31)27-21(20(28)13-14-26-22(29)30)19(17-7-5-4-6-8-17)15-16-9-11-18(25)12-10-16/h4-12,19-21,26,28H,13-15H2,1-3H3,(H,27,31)(H,29,30)/t19?,20-,21-/m0/s1. The largest absolute Gasteiger partial charge is 0.465 e. The fourth-order valence-corrected chi connectivity index (χ4v) is 3.71. The number of rotatable bonds is 9. The van der Waals surface area contributed by atoms with Crippen molar-refractivity contribution in [2.24, 2.45) is 0 Å². The van der Waals surface area contributed by atoms with Crippen LogP contribution in [0.4, 0.5) is 9.59 Å². The number of aliphatic hydroxyl groups is 1. The monoisotopic (exact) mass is 506 g/mol. The van der Waals surface area contributed by atoms with E-state index >= 15 is 0 Å². The summed E-state index contributed by atoms with van der Waals surface area (Å²) in [6.07, 6.45) is -2.11. The van der Waals surface area contributed by atoms with Crippen LogP contribution in [0.2, 0.25) is 0 Å². The van der Waals surface area contributed by atoms with Crippen molar-refractivity contribution in [1.29, 1.82) is 0 Å². The summed E-state index contributed by atoms with van der Waals surface area (Å²) in [7, 11) is 0. The number of carbonyl (C=O) groups is 2. The maximum Gasteiger partial charge on any atom is 0.407 e. The van der Waals surface area contributed by atoms with E-state index < -0.39 is 29.9 Å². The van der Waals surface area contributed by atoms with Crippen molar-refractivity contribution in [3.05, 3.63) is 70.2 Å². The molecule has 2 aromatic rings. The van der Waals surface area contributed by atoms with Crippen LogP contribution in [0.3, 0.4) is 0 Å². The Morgan fingerprint density at radius 2 is 1.69 bits per heavy atom. The fourth-order valence-electron chi connectivity index (χ4n) is 3.44. The van der Waals surface area contributed by atoms with E-state index in [9.17, 15) is 14.7 Å². The molecule has 0 heterocycles. The van der Waals surface area contributed by atoms with Crippen LogP contribution in [-0.2, 0) is 11.2 Å². The number of hydrogen-bond acceptors (Lipinski definition) is 4. The molecular formula is C24H31BrN2O5. The molecule has 7 nitrogen and oxygen atoms in total. The first-order chi connectivity index (χ1) is 15.0. The summed E-state index contributed by atoms with van der Waals surface area (Å²) in [5.41, 5.74) is 1.29. The molecule has 0 saturated carbocycles. The number of hydrogen-bond donors (Lipinski definition) is 4. The molecule has 0 radical (unpaired) electrons. The SMILES string of the molecule is CC(C)(C)OC(=O)N[C@@H](C(Cc1ccc(Br)cc1)c1ccccc1)[C@@H](O)CCNC(=O)O. The van der Waals surface area contributed by atoms with Gasteiger partial charge >= 0.3 is 12.2 Å². The molecule has 0 aliphatic heterocycles. The molecule has 0 saturated heterocycles. The van der Waals surface area contributed by atoms with Crippen LogP contribution in [0.25, 0.3) is 0 Å². The molecule has 0 aromatic heterocycles. The lowest BCUT2D eigenvalue weighted by Crippen LogP contribution is -2.50. The zero-order valence-electron chi connectivity index (χ0n) is 18.5. The first-order valence-corrected chi connectivity index (χ1v) is 11.3. The van der Waals surface area contributed by atoms with Crippen molar-refractivity contribution in [3.63, 3.8) is 0 Å². The van der Waals surface area contributed by atoms with E-state index in [1.165, 1.54) is 0 Å². The highest BCUT2D eigenvalue weighted by atomic mass is 79.9. The summed E-state index contributed by atoms with van der Waals surface area (Å²) in [4.78, 5) is 23.5. The third-order valence-corrected chi connectivity index (χ3v) is 5.37. The fraction of sp³-hybridized carbons (Fsp3) is 0.417. The van der Waals surface area contributed by atoms with Gasteiger partial charge in [-0.15, -0.1) is 0 Å². The molecule has 1 unspecified atom stereocenters. The van der Waals surface area contributed by atoms with Crippen LogP contribution in [0.15, 0.2) is 59.1 Å². The smallest absolute Gasteiger partial charge is 0.407 e. The van der Waals surface area contributed by atoms with E-state index in [2.05, 4.69) is 26.6 Å². The van der Waals surface area contributed by atoms with E-state index in [1.807, 2.05) is 54.6 Å². The number of nitrogens with one attached hydrogen (secondary N) is 2. The van der Waals surface area contributed by atoms with Crippen molar-refractivity contribution < 1.29 is 24.5 Å². The Bertz CT molecular complexity index is 868. The molecule has 8 heteroatoms. The van der Waals surface area contributed by atoms with Gasteiger partial charge in [0.25, 0.3) is 0 Å². The van der Waals surface area contributed by atoms with Crippen molar-refractivity contribution in [3.8, 4) is 0 Å². The van der Waals surface area contributed by atoms with E-state index in [0.29, 0.717) is 6.42 Å². The Balaban J connectivity index is 2.35. The molecule has 32 heavy (non-hydrogen) atoms. The molecule has 2 aromatic carbocycles. The van der Waals surface area contributed by atoms with Gasteiger partial charge < -0.3 is 25.6 Å². The van der Waals surface area contributed by atoms with E-state index in [1.54, 1.807) is 20.8 Å². The van der Waals surface area contributed by atoms with Gasteiger partial charge in [-0.3, -0.25) is 0 Å². The van der Waals surface area contributed by atoms with Crippen molar-refractivity contribution >= 4 is 28.1 Å². The zero-order valence-corrected chi connectivity index (χ0v) is 20.1. The normalized spacial score (nSPS) is 14.2. The van der Waals surface area contributed by atoms with Crippen LogP contribution in [0.1, 0.15) is 44.2 Å². The van der Waals surface area contributed by atoms with Crippen molar-refractivity contribution in [2.75, 3.05) is 6.54 Å². The van der Waals surface area contributed by atoms with Gasteiger partial charge in [-0.1, -0.05) is 58.4 Å². The first-order valence-electron chi connectivity index (χ1n) is 10.5. The third-order valence-electron chi connectivity index (χ3n) is 4.84. The third kappa shape index (κ3) is 8.88. The summed E-state index contributed by atoms with van der Waals surface area (Å²) < 4.78 is 6.39. The number of carbonyl (C=O) groups excluding carboxylic acids is 1. The average molecular weight is 507 g/mol. The number of ether oxygens (including phenoxy) is 1. The maximum atomic E-state index is 12.6. The highest BCUT2D eigenvalue weighted by Crippen LogP contribution is 2.28. The summed E-state index contributed by atoms with van der Waals surface area (Å²) in [6.45, 7) is 5.37. The summed E-state index contributed by atoms with van der Waals surface area (Å²) >= 11 is 3.44. The first kappa shape index (κ1) is 25.7. The van der Waals surface area contributed by atoms with Crippen LogP contribution >= 0.6 is 15.9 Å². The zero-order chi connectivity index (χ0) is 23.7. The molecule has 0 fully saturated rings. The maximum absolute atomic E-state index is 12.6. The van der Waals surface area contributed by atoms with Gasteiger partial charge in [0.2, 0.25) is 0 Å². The van der Waals surface area contributed by atoms with Crippen LogP contribution < -0.4 is 10.6 Å². The average Bonchev–Trinajstić information content (AvgIpc) is 2.71. The second kappa shape index (κ2) is 11.9. The van der Waals surface area contributed by atoms with Crippen molar-refractivity contribution in [2.45, 2.75) is 57.3 Å². The molecule has 4 N–H and O–H groups in total. The molecule has 2 rings (SSSR count). The molecule has 0 aliphatic carbocycles. The van der Waals surface area contributed by atoms with E-state index in [4.69, 9.17) is 9.84 Å². The van der Waals surface area contributed by atoms with Crippen LogP contribution in [0.5, 0.6) is 0 Å². The second-order valence-electron chi connectivity index (χ2n) is 8.61. The highest BCUT2D eigenvalue weighted by molar-refractivity contribution is 9.10. The molecular weight excluding hydrogens is 476 g/mol. The Labute approximate surface area is 197 Å². The number of aliphatic hydroxyl groups excluding tert-OH is 1. The number of carboxylic acid groups (broad SMARTS) is 1. The summed E-state index contributed by atoms with van der Waals surface area (Å²) in [5, 5.41) is 25.0. The predicted molar refractivity (Wildman–Crippen MR) is 127 cm³/mol. The summed E-state index contributed by atoms with van der Waals surface area (Å²) in [6, 6.07) is 16.8. The molecule has 174 valence electrons. The minimum absolute atomic E-state index is 0.0583. The lowest BCUT2D eigenvalue weighted by molar-refractivity contribution is 0.0384. The highest BCUT2D eigenvalue weighted by Gasteiger charge is 2.32. The van der Waals surface area contributed by atoms with Gasteiger partial charge in [0.15, 0.2) is 0 Å². The topological polar surface area (TPSA) is 108 Å². The minimum Gasteiger partial charge on any atom is -0.465 e. The predicted octanol–water partition coefficient (Wildman–Crippen LogP) is 4.69. The number of alkyl carbamates (subject to hydrolysis) is 1. The lowest BCUT2D eigenvalue weighted by atomic mass is 9.82.